The molecule has 2 aliphatic rings. The minimum Gasteiger partial charge on any atom is -0.296 e. The van der Waals surface area contributed by atoms with Gasteiger partial charge >= 0.3 is 0 Å². The molecule has 2 aromatic rings. The Balaban J connectivity index is 1.58. The number of rotatable bonds is 4. The first-order chi connectivity index (χ1) is 11.6. The van der Waals surface area contributed by atoms with Crippen molar-refractivity contribution in [3.05, 3.63) is 35.7 Å². The van der Waals surface area contributed by atoms with Crippen LogP contribution in [0.15, 0.2) is 29.4 Å². The van der Waals surface area contributed by atoms with Crippen molar-refractivity contribution in [2.24, 2.45) is 0 Å². The molecule has 1 atom stereocenters. The summed E-state index contributed by atoms with van der Waals surface area (Å²) in [6, 6.07) is 5.98. The molecule has 4 rings (SSSR count). The maximum atomic E-state index is 12.5. The molecule has 1 fully saturated rings. The molecule has 8 heteroatoms. The molecular weight excluding hydrogens is 344 g/mol. The Bertz CT molecular complexity index is 815. The topological polar surface area (TPSA) is 75.2 Å². The summed E-state index contributed by atoms with van der Waals surface area (Å²) in [5.41, 5.74) is 2.46. The Morgan fingerprint density at radius 3 is 2.79 bits per heavy atom. The second kappa shape index (κ2) is 6.42. The lowest BCUT2D eigenvalue weighted by molar-refractivity contribution is 0.163. The number of fused-ring (bicyclic) bond motifs is 1. The standard InChI is InChI=1S/C16H20N4O2S2/c21-24(22,19-16-17-11-18-23-16)13-5-6-14-12(10-13)4-7-15(14)20-8-2-1-3-9-20/h5-6,10-11,15H,1-4,7-9H2,(H,17,18,19)/t15-/m0/s1. The molecule has 0 unspecified atom stereocenters. The fraction of sp³-hybridized carbons (Fsp3) is 0.500. The van der Waals surface area contributed by atoms with E-state index in [-0.39, 0.29) is 0 Å². The molecule has 24 heavy (non-hydrogen) atoms. The summed E-state index contributed by atoms with van der Waals surface area (Å²) in [5, 5.41) is 0.293. The number of sulfonamides is 1. The number of nitrogens with zero attached hydrogens (tertiary/aromatic N) is 3. The quantitative estimate of drug-likeness (QED) is 0.903. The number of likely N-dealkylation sites (tertiary alicyclic amines) is 1. The van der Waals surface area contributed by atoms with Crippen molar-refractivity contribution in [3.63, 3.8) is 0 Å². The van der Waals surface area contributed by atoms with Gasteiger partial charge in [0.2, 0.25) is 5.13 Å². The largest absolute Gasteiger partial charge is 0.296 e. The van der Waals surface area contributed by atoms with Gasteiger partial charge in [0.25, 0.3) is 10.0 Å². The molecule has 128 valence electrons. The van der Waals surface area contributed by atoms with Crippen LogP contribution in [0.3, 0.4) is 0 Å². The van der Waals surface area contributed by atoms with Gasteiger partial charge in [-0.3, -0.25) is 9.62 Å². The summed E-state index contributed by atoms with van der Waals surface area (Å²) in [5.74, 6) is 0. The van der Waals surface area contributed by atoms with E-state index in [4.69, 9.17) is 0 Å². The molecule has 1 aromatic heterocycles. The molecule has 0 bridgehead atoms. The lowest BCUT2D eigenvalue weighted by Gasteiger charge is -2.32. The van der Waals surface area contributed by atoms with Gasteiger partial charge in [-0.25, -0.2) is 13.4 Å². The molecule has 0 amide bonds. The van der Waals surface area contributed by atoms with E-state index in [1.54, 1.807) is 6.07 Å². The second-order valence-corrected chi connectivity index (χ2v) is 8.83. The number of piperidine rings is 1. The van der Waals surface area contributed by atoms with E-state index in [0.29, 0.717) is 16.1 Å². The van der Waals surface area contributed by atoms with Gasteiger partial charge in [-0.2, -0.15) is 4.37 Å². The Labute approximate surface area is 146 Å². The average Bonchev–Trinajstić information content (AvgIpc) is 3.24. The first-order valence-corrected chi connectivity index (χ1v) is 10.6. The van der Waals surface area contributed by atoms with Gasteiger partial charge in [0.15, 0.2) is 0 Å². The van der Waals surface area contributed by atoms with Crippen LogP contribution in [0.25, 0.3) is 0 Å². The molecule has 6 nitrogen and oxygen atoms in total. The van der Waals surface area contributed by atoms with Crippen molar-refractivity contribution in [2.75, 3.05) is 17.8 Å². The Kier molecular flexibility index (Phi) is 4.28. The highest BCUT2D eigenvalue weighted by molar-refractivity contribution is 7.93. The zero-order valence-corrected chi connectivity index (χ0v) is 14.9. The van der Waals surface area contributed by atoms with Gasteiger partial charge in [-0.15, -0.1) is 0 Å². The number of aryl methyl sites for hydroxylation is 1. The minimum atomic E-state index is -3.60. The summed E-state index contributed by atoms with van der Waals surface area (Å²) >= 11 is 1.03. The fourth-order valence-corrected chi connectivity index (χ4v) is 5.45. The summed E-state index contributed by atoms with van der Waals surface area (Å²) in [6.07, 6.45) is 7.23. The number of hydrogen-bond acceptors (Lipinski definition) is 6. The number of hydrogen-bond donors (Lipinski definition) is 1. The van der Waals surface area contributed by atoms with Gasteiger partial charge in [-0.1, -0.05) is 12.5 Å². The zero-order valence-electron chi connectivity index (χ0n) is 13.3. The van der Waals surface area contributed by atoms with E-state index in [2.05, 4.69) is 19.0 Å². The van der Waals surface area contributed by atoms with Gasteiger partial charge in [0.05, 0.1) is 4.90 Å². The summed E-state index contributed by atoms with van der Waals surface area (Å²) in [4.78, 5) is 6.74. The van der Waals surface area contributed by atoms with Crippen molar-refractivity contribution in [1.82, 2.24) is 14.3 Å². The minimum absolute atomic E-state index is 0.293. The lowest BCUT2D eigenvalue weighted by atomic mass is 10.0. The number of benzene rings is 1. The molecule has 0 saturated carbocycles. The summed E-state index contributed by atoms with van der Waals surface area (Å²) < 4.78 is 31.3. The van der Waals surface area contributed by atoms with Gasteiger partial charge in [-0.05, 0) is 62.0 Å². The van der Waals surface area contributed by atoms with E-state index < -0.39 is 10.0 Å². The molecule has 1 saturated heterocycles. The monoisotopic (exact) mass is 364 g/mol. The summed E-state index contributed by atoms with van der Waals surface area (Å²) in [7, 11) is -3.60. The third-order valence-electron chi connectivity index (χ3n) is 4.89. The molecule has 1 aliphatic heterocycles. The van der Waals surface area contributed by atoms with Gasteiger partial charge < -0.3 is 0 Å². The van der Waals surface area contributed by atoms with Crippen LogP contribution in [0.5, 0.6) is 0 Å². The van der Waals surface area contributed by atoms with Crippen LogP contribution in [-0.2, 0) is 16.4 Å². The van der Waals surface area contributed by atoms with Crippen molar-refractivity contribution in [3.8, 4) is 0 Å². The SMILES string of the molecule is O=S(=O)(Nc1ncns1)c1ccc2c(c1)CC[C@@H]2N1CCCCC1. The van der Waals surface area contributed by atoms with Crippen LogP contribution < -0.4 is 4.72 Å². The summed E-state index contributed by atoms with van der Waals surface area (Å²) in [6.45, 7) is 2.31. The van der Waals surface area contributed by atoms with Crippen molar-refractivity contribution >= 4 is 26.7 Å². The van der Waals surface area contributed by atoms with Crippen LogP contribution in [0.2, 0.25) is 0 Å². The Morgan fingerprint density at radius 2 is 2.04 bits per heavy atom. The highest BCUT2D eigenvalue weighted by Gasteiger charge is 2.30. The first-order valence-electron chi connectivity index (χ1n) is 8.30. The van der Waals surface area contributed by atoms with E-state index >= 15 is 0 Å². The van der Waals surface area contributed by atoms with Crippen molar-refractivity contribution in [1.29, 1.82) is 0 Å². The van der Waals surface area contributed by atoms with E-state index in [1.165, 1.54) is 31.2 Å². The molecule has 0 spiro atoms. The Morgan fingerprint density at radius 1 is 1.21 bits per heavy atom. The second-order valence-electron chi connectivity index (χ2n) is 6.36. The maximum absolute atomic E-state index is 12.5. The van der Waals surface area contributed by atoms with Crippen LogP contribution in [-0.4, -0.2) is 35.8 Å². The van der Waals surface area contributed by atoms with E-state index in [0.717, 1.165) is 43.0 Å². The van der Waals surface area contributed by atoms with Crippen LogP contribution in [0, 0.1) is 0 Å². The zero-order chi connectivity index (χ0) is 16.6. The molecule has 1 aromatic carbocycles. The first kappa shape index (κ1) is 16.0. The number of nitrogens with one attached hydrogen (secondary N) is 1. The highest BCUT2D eigenvalue weighted by atomic mass is 32.2. The van der Waals surface area contributed by atoms with Crippen LogP contribution >= 0.6 is 11.5 Å². The predicted molar refractivity (Wildman–Crippen MR) is 93.6 cm³/mol. The van der Waals surface area contributed by atoms with Crippen molar-refractivity contribution < 1.29 is 8.42 Å². The molecule has 2 heterocycles. The van der Waals surface area contributed by atoms with E-state index in [9.17, 15) is 8.42 Å². The molecule has 1 N–H and O–H groups in total. The molecule has 0 radical (unpaired) electrons. The predicted octanol–water partition coefficient (Wildman–Crippen LogP) is 2.81. The maximum Gasteiger partial charge on any atom is 0.263 e. The third-order valence-corrected chi connectivity index (χ3v) is 6.93. The average molecular weight is 364 g/mol. The molecular formula is C16H20N4O2S2. The van der Waals surface area contributed by atoms with Crippen LogP contribution in [0.4, 0.5) is 5.13 Å². The van der Waals surface area contributed by atoms with E-state index in [1.807, 2.05) is 12.1 Å². The highest BCUT2D eigenvalue weighted by Crippen LogP contribution is 2.38. The lowest BCUT2D eigenvalue weighted by Crippen LogP contribution is -2.32. The normalized spacial score (nSPS) is 21.6. The van der Waals surface area contributed by atoms with Crippen LogP contribution in [0.1, 0.15) is 42.9 Å². The van der Waals surface area contributed by atoms with Crippen molar-refractivity contribution in [2.45, 2.75) is 43.0 Å². The smallest absolute Gasteiger partial charge is 0.263 e. The Hall–Kier alpha value is -1.51. The van der Waals surface area contributed by atoms with Gasteiger partial charge in [0.1, 0.15) is 6.33 Å². The number of aromatic nitrogens is 2. The van der Waals surface area contributed by atoms with Gasteiger partial charge in [0, 0.05) is 17.6 Å². The molecule has 1 aliphatic carbocycles. The number of anilines is 1. The fourth-order valence-electron chi connectivity index (χ4n) is 3.74. The third kappa shape index (κ3) is 3.05.